The van der Waals surface area contributed by atoms with Crippen LogP contribution in [0.5, 0.6) is 0 Å². The molecule has 13 heteroatoms. The van der Waals surface area contributed by atoms with Crippen LogP contribution in [0.3, 0.4) is 0 Å². The van der Waals surface area contributed by atoms with Crippen LogP contribution in [0.4, 0.5) is 24.5 Å². The average molecular weight is 432 g/mol. The van der Waals surface area contributed by atoms with Gasteiger partial charge in [0.15, 0.2) is 0 Å². The summed E-state index contributed by atoms with van der Waals surface area (Å²) in [4.78, 5) is 9.65. The maximum absolute atomic E-state index is 12.3. The fourth-order valence-corrected chi connectivity index (χ4v) is 3.05. The number of nitrogens with zero attached hydrogens (tertiary/aromatic N) is 2. The molecule has 2 rings (SSSR count). The number of nitro benzene ring substituents is 1. The molecule has 0 unspecified atom stereocenters. The van der Waals surface area contributed by atoms with E-state index in [1.807, 2.05) is 0 Å². The largest absolute Gasteiger partial charge is 0.858 e. The van der Waals surface area contributed by atoms with Crippen LogP contribution in [0.15, 0.2) is 57.8 Å². The first-order chi connectivity index (χ1) is 13.5. The number of hydrogen-bond acceptors (Lipinski definition) is 7. The van der Waals surface area contributed by atoms with Gasteiger partial charge in [0, 0.05) is 18.5 Å². The molecule has 0 aromatic heterocycles. The van der Waals surface area contributed by atoms with Crippen LogP contribution in [0.1, 0.15) is 5.56 Å². The van der Waals surface area contributed by atoms with Gasteiger partial charge in [0.2, 0.25) is 0 Å². The molecule has 0 bridgehead atoms. The maximum Gasteiger partial charge on any atom is 0.522 e. The number of sulfonamides is 1. The zero-order valence-electron chi connectivity index (χ0n) is 14.4. The molecule has 9 nitrogen and oxygen atoms in total. The lowest BCUT2D eigenvalue weighted by Gasteiger charge is -2.12. The summed E-state index contributed by atoms with van der Waals surface area (Å²) in [6.07, 6.45) is -4.85. The third kappa shape index (κ3) is 6.43. The Labute approximate surface area is 162 Å². The summed E-state index contributed by atoms with van der Waals surface area (Å²) >= 11 is 0. The van der Waals surface area contributed by atoms with Crippen molar-refractivity contribution >= 4 is 27.3 Å². The maximum atomic E-state index is 12.3. The van der Waals surface area contributed by atoms with Crippen molar-refractivity contribution in [1.82, 2.24) is 0 Å². The molecule has 156 valence electrons. The summed E-state index contributed by atoms with van der Waals surface area (Å²) < 4.78 is 67.1. The Bertz CT molecular complexity index is 1010. The Hall–Kier alpha value is -3.19. The summed E-state index contributed by atoms with van der Waals surface area (Å²) in [5.41, 5.74) is -0.942. The van der Waals surface area contributed by atoms with Crippen LogP contribution in [0, 0.1) is 10.1 Å². The molecule has 29 heavy (non-hydrogen) atoms. The lowest BCUT2D eigenvalue weighted by Crippen LogP contribution is -2.21. The Morgan fingerprint density at radius 2 is 1.83 bits per heavy atom. The molecule has 0 fully saturated rings. The van der Waals surface area contributed by atoms with Crippen molar-refractivity contribution in [3.8, 4) is 0 Å². The minimum absolute atomic E-state index is 0.00789. The molecule has 0 spiro atoms. The third-order valence-corrected chi connectivity index (χ3v) is 4.63. The minimum Gasteiger partial charge on any atom is -0.858 e. The normalized spacial score (nSPS) is 12.6. The second-order valence-corrected chi connectivity index (χ2v) is 7.00. The van der Waals surface area contributed by atoms with Crippen molar-refractivity contribution in [2.24, 2.45) is 4.40 Å². The molecule has 0 saturated carbocycles. The smallest absolute Gasteiger partial charge is 0.522 e. The number of anilines is 1. The van der Waals surface area contributed by atoms with E-state index in [0.717, 1.165) is 12.1 Å². The molecule has 2 aromatic carbocycles. The van der Waals surface area contributed by atoms with Crippen LogP contribution in [-0.4, -0.2) is 38.8 Å². The van der Waals surface area contributed by atoms with Crippen LogP contribution in [0.25, 0.3) is 0 Å². The molecule has 2 aromatic rings. The van der Waals surface area contributed by atoms with Crippen LogP contribution >= 0.6 is 0 Å². The minimum atomic E-state index is -4.85. The summed E-state index contributed by atoms with van der Waals surface area (Å²) in [6, 6.07) is 9.90. The summed E-state index contributed by atoms with van der Waals surface area (Å²) in [5, 5.41) is 25.5. The predicted molar refractivity (Wildman–Crippen MR) is 93.8 cm³/mol. The topological polar surface area (TPSA) is 134 Å². The van der Waals surface area contributed by atoms with Crippen molar-refractivity contribution in [2.75, 3.05) is 18.5 Å². The Kier molecular flexibility index (Phi) is 6.76. The van der Waals surface area contributed by atoms with Gasteiger partial charge >= 0.3 is 6.36 Å². The van der Waals surface area contributed by atoms with Gasteiger partial charge in [-0.2, -0.15) is 12.8 Å². The molecule has 0 aliphatic heterocycles. The number of nitrogens with one attached hydrogen (secondary N) is 1. The van der Waals surface area contributed by atoms with Crippen molar-refractivity contribution in [1.29, 1.82) is 0 Å². The first-order valence-electron chi connectivity index (χ1n) is 7.80. The fourth-order valence-electron chi connectivity index (χ4n) is 2.12. The van der Waals surface area contributed by atoms with Crippen LogP contribution in [-0.2, 0) is 14.8 Å². The van der Waals surface area contributed by atoms with Gasteiger partial charge in [0.1, 0.15) is 5.69 Å². The number of alkyl halides is 3. The van der Waals surface area contributed by atoms with Gasteiger partial charge in [-0.25, -0.2) is 0 Å². The highest BCUT2D eigenvalue weighted by Crippen LogP contribution is 2.28. The number of halogens is 3. The Morgan fingerprint density at radius 3 is 2.41 bits per heavy atom. The van der Waals surface area contributed by atoms with Gasteiger partial charge in [-0.1, -0.05) is 30.3 Å². The van der Waals surface area contributed by atoms with E-state index in [4.69, 9.17) is 0 Å². The molecule has 1 N–H and O–H groups in total. The van der Waals surface area contributed by atoms with Gasteiger partial charge in [0.25, 0.3) is 15.7 Å². The molecule has 0 aliphatic rings. The van der Waals surface area contributed by atoms with Gasteiger partial charge in [-0.15, -0.1) is 13.2 Å². The first-order valence-corrected chi connectivity index (χ1v) is 9.24. The van der Waals surface area contributed by atoms with Gasteiger partial charge < -0.3 is 10.4 Å². The van der Waals surface area contributed by atoms with Crippen molar-refractivity contribution in [3.05, 3.63) is 64.2 Å². The van der Waals surface area contributed by atoms with Crippen molar-refractivity contribution in [3.63, 3.8) is 0 Å². The monoisotopic (exact) mass is 432 g/mol. The number of rotatable bonds is 8. The molecular weight excluding hydrogens is 419 g/mol. The molecule has 0 atom stereocenters. The van der Waals surface area contributed by atoms with E-state index in [1.54, 1.807) is 6.07 Å². The van der Waals surface area contributed by atoms with E-state index in [-0.39, 0.29) is 11.3 Å². The van der Waals surface area contributed by atoms with Gasteiger partial charge in [0.05, 0.1) is 16.4 Å². The van der Waals surface area contributed by atoms with Gasteiger partial charge in [-0.3, -0.25) is 14.9 Å². The first kappa shape index (κ1) is 22.1. The second kappa shape index (κ2) is 8.87. The van der Waals surface area contributed by atoms with E-state index in [2.05, 4.69) is 14.5 Å². The van der Waals surface area contributed by atoms with Gasteiger partial charge in [-0.05, 0) is 17.7 Å². The SMILES string of the molecule is O=[N+]([O-])c1cc(S(=O)(=O)N=C([O-])c2ccccc2)ccc1NCCOC(F)(F)F. The van der Waals surface area contributed by atoms with E-state index < -0.39 is 50.9 Å². The quantitative estimate of drug-likeness (QED) is 0.222. The third-order valence-electron chi connectivity index (χ3n) is 3.37. The summed E-state index contributed by atoms with van der Waals surface area (Å²) in [7, 11) is -4.56. The summed E-state index contributed by atoms with van der Waals surface area (Å²) in [6.45, 7) is -1.25. The lowest BCUT2D eigenvalue weighted by atomic mass is 10.2. The molecule has 0 saturated heterocycles. The van der Waals surface area contributed by atoms with E-state index >= 15 is 0 Å². The Balaban J connectivity index is 2.25. The van der Waals surface area contributed by atoms with Crippen molar-refractivity contribution in [2.45, 2.75) is 11.3 Å². The van der Waals surface area contributed by atoms with E-state index in [0.29, 0.717) is 6.07 Å². The number of benzene rings is 2. The van der Waals surface area contributed by atoms with Crippen LogP contribution in [0.2, 0.25) is 0 Å². The molecule has 0 amide bonds. The van der Waals surface area contributed by atoms with Crippen LogP contribution < -0.4 is 10.4 Å². The number of hydrogen-bond donors (Lipinski definition) is 1. The second-order valence-electron chi connectivity index (χ2n) is 5.39. The summed E-state index contributed by atoms with van der Waals surface area (Å²) in [5.74, 6) is -1.06. The molecule has 0 radical (unpaired) electrons. The van der Waals surface area contributed by atoms with E-state index in [9.17, 15) is 36.8 Å². The lowest BCUT2D eigenvalue weighted by molar-refractivity contribution is -0.384. The Morgan fingerprint density at radius 1 is 1.17 bits per heavy atom. The molecular formula is C16H13F3N3O6S-. The molecule has 0 heterocycles. The average Bonchev–Trinajstić information content (AvgIpc) is 2.64. The van der Waals surface area contributed by atoms with E-state index in [1.165, 1.54) is 24.3 Å². The highest BCUT2D eigenvalue weighted by Gasteiger charge is 2.28. The highest BCUT2D eigenvalue weighted by molar-refractivity contribution is 7.90. The predicted octanol–water partition coefficient (Wildman–Crippen LogP) is 2.04. The number of ether oxygens (including phenoxy) is 1. The standard InChI is InChI=1S/C16H14F3N3O6S/c17-16(18,19)28-9-8-20-13-7-6-12(10-14(13)22(24)25)29(26,27)21-15(23)11-4-2-1-3-5-11/h1-7,10,20H,8-9H2,(H,21,23)/p-1. The zero-order valence-corrected chi connectivity index (χ0v) is 15.2. The molecule has 0 aliphatic carbocycles. The number of nitro groups is 1. The zero-order chi connectivity index (χ0) is 21.7. The highest BCUT2D eigenvalue weighted by atomic mass is 32.2. The van der Waals surface area contributed by atoms with Crippen molar-refractivity contribution < 1.29 is 36.4 Å². The fraction of sp³-hybridized carbons (Fsp3) is 0.188.